The minimum absolute atomic E-state index is 0.170. The molecule has 0 aliphatic carbocycles. The molecule has 0 aromatic heterocycles. The SMILES string of the molecule is CCCN1CCN(c2cccc([N+](=O)[O-])c2)CC1. The number of hydrogen-bond acceptors (Lipinski definition) is 4. The highest BCUT2D eigenvalue weighted by Gasteiger charge is 2.17. The maximum Gasteiger partial charge on any atom is 0.271 e. The van der Waals surface area contributed by atoms with E-state index in [1.165, 1.54) is 12.5 Å². The fourth-order valence-corrected chi connectivity index (χ4v) is 2.35. The summed E-state index contributed by atoms with van der Waals surface area (Å²) in [5.41, 5.74) is 1.13. The van der Waals surface area contributed by atoms with Crippen LogP contribution < -0.4 is 4.90 Å². The summed E-state index contributed by atoms with van der Waals surface area (Å²) < 4.78 is 0. The molecule has 98 valence electrons. The summed E-state index contributed by atoms with van der Waals surface area (Å²) in [6.07, 6.45) is 1.18. The lowest BCUT2D eigenvalue weighted by Crippen LogP contribution is -2.46. The van der Waals surface area contributed by atoms with E-state index < -0.39 is 0 Å². The van der Waals surface area contributed by atoms with E-state index in [0.717, 1.165) is 38.4 Å². The summed E-state index contributed by atoms with van der Waals surface area (Å²) in [7, 11) is 0. The first-order valence-electron chi connectivity index (χ1n) is 6.42. The number of hydrogen-bond donors (Lipinski definition) is 0. The minimum Gasteiger partial charge on any atom is -0.369 e. The molecule has 0 unspecified atom stereocenters. The smallest absolute Gasteiger partial charge is 0.271 e. The number of anilines is 1. The predicted molar refractivity (Wildman–Crippen MR) is 72.0 cm³/mol. The summed E-state index contributed by atoms with van der Waals surface area (Å²) in [6, 6.07) is 6.90. The molecule has 1 aliphatic heterocycles. The molecule has 0 atom stereocenters. The van der Waals surface area contributed by atoms with Crippen LogP contribution in [-0.2, 0) is 0 Å². The Bertz CT molecular complexity index is 414. The van der Waals surface area contributed by atoms with E-state index in [1.807, 2.05) is 6.07 Å². The fourth-order valence-electron chi connectivity index (χ4n) is 2.35. The molecular formula is C13H19N3O2. The highest BCUT2D eigenvalue weighted by Crippen LogP contribution is 2.22. The summed E-state index contributed by atoms with van der Waals surface area (Å²) in [5.74, 6) is 0. The van der Waals surface area contributed by atoms with Crippen LogP contribution in [0.2, 0.25) is 0 Å². The molecule has 1 aliphatic rings. The van der Waals surface area contributed by atoms with Crippen molar-refractivity contribution in [2.24, 2.45) is 0 Å². The Balaban J connectivity index is 2.01. The quantitative estimate of drug-likeness (QED) is 0.606. The van der Waals surface area contributed by atoms with Gasteiger partial charge in [-0.3, -0.25) is 15.0 Å². The molecule has 2 rings (SSSR count). The van der Waals surface area contributed by atoms with Gasteiger partial charge in [0.1, 0.15) is 0 Å². The zero-order chi connectivity index (χ0) is 13.0. The molecule has 5 heteroatoms. The van der Waals surface area contributed by atoms with Crippen LogP contribution in [0.3, 0.4) is 0 Å². The van der Waals surface area contributed by atoms with Crippen molar-refractivity contribution in [1.29, 1.82) is 0 Å². The largest absolute Gasteiger partial charge is 0.369 e. The third kappa shape index (κ3) is 2.98. The Morgan fingerprint density at radius 3 is 2.61 bits per heavy atom. The second kappa shape index (κ2) is 5.82. The van der Waals surface area contributed by atoms with Crippen molar-refractivity contribution in [1.82, 2.24) is 4.90 Å². The summed E-state index contributed by atoms with van der Waals surface area (Å²) in [4.78, 5) is 15.1. The molecule has 0 radical (unpaired) electrons. The molecule has 1 aromatic carbocycles. The van der Waals surface area contributed by atoms with Gasteiger partial charge in [0.25, 0.3) is 5.69 Å². The molecule has 0 amide bonds. The Morgan fingerprint density at radius 1 is 1.28 bits per heavy atom. The molecule has 0 spiro atoms. The lowest BCUT2D eigenvalue weighted by molar-refractivity contribution is -0.384. The highest BCUT2D eigenvalue weighted by molar-refractivity contribution is 5.53. The van der Waals surface area contributed by atoms with Gasteiger partial charge in [-0.25, -0.2) is 0 Å². The molecule has 5 nitrogen and oxygen atoms in total. The van der Waals surface area contributed by atoms with E-state index >= 15 is 0 Å². The van der Waals surface area contributed by atoms with E-state index in [9.17, 15) is 10.1 Å². The van der Waals surface area contributed by atoms with E-state index in [1.54, 1.807) is 12.1 Å². The van der Waals surface area contributed by atoms with Crippen LogP contribution in [0.25, 0.3) is 0 Å². The van der Waals surface area contributed by atoms with Gasteiger partial charge in [0.05, 0.1) is 4.92 Å². The molecule has 1 saturated heterocycles. The molecule has 1 fully saturated rings. The predicted octanol–water partition coefficient (Wildman–Crippen LogP) is 2.13. The standard InChI is InChI=1S/C13H19N3O2/c1-2-6-14-7-9-15(10-8-14)12-4-3-5-13(11-12)16(17)18/h3-5,11H,2,6-10H2,1H3. The number of piperazine rings is 1. The van der Waals surface area contributed by atoms with Crippen molar-refractivity contribution < 1.29 is 4.92 Å². The van der Waals surface area contributed by atoms with Crippen LogP contribution in [0.1, 0.15) is 13.3 Å². The molecule has 0 saturated carbocycles. The van der Waals surface area contributed by atoms with E-state index in [0.29, 0.717) is 0 Å². The lowest BCUT2D eigenvalue weighted by Gasteiger charge is -2.35. The van der Waals surface area contributed by atoms with Gasteiger partial charge in [0.15, 0.2) is 0 Å². The average molecular weight is 249 g/mol. The van der Waals surface area contributed by atoms with Gasteiger partial charge in [-0.1, -0.05) is 13.0 Å². The molecule has 1 heterocycles. The molecule has 0 N–H and O–H groups in total. The zero-order valence-corrected chi connectivity index (χ0v) is 10.7. The van der Waals surface area contributed by atoms with Crippen LogP contribution in [0, 0.1) is 10.1 Å². The van der Waals surface area contributed by atoms with Gasteiger partial charge in [0, 0.05) is 44.0 Å². The van der Waals surface area contributed by atoms with Crippen molar-refractivity contribution in [2.75, 3.05) is 37.6 Å². The van der Waals surface area contributed by atoms with Gasteiger partial charge in [0.2, 0.25) is 0 Å². The van der Waals surface area contributed by atoms with Crippen LogP contribution in [0.15, 0.2) is 24.3 Å². The number of benzene rings is 1. The summed E-state index contributed by atoms with van der Waals surface area (Å²) >= 11 is 0. The second-order valence-corrected chi connectivity index (χ2v) is 4.61. The monoisotopic (exact) mass is 249 g/mol. The number of nitro benzene ring substituents is 1. The van der Waals surface area contributed by atoms with Crippen molar-refractivity contribution in [3.8, 4) is 0 Å². The number of non-ortho nitro benzene ring substituents is 1. The fraction of sp³-hybridized carbons (Fsp3) is 0.538. The van der Waals surface area contributed by atoms with Crippen LogP contribution in [0.5, 0.6) is 0 Å². The Labute approximate surface area is 107 Å². The average Bonchev–Trinajstić information content (AvgIpc) is 2.40. The molecule has 1 aromatic rings. The van der Waals surface area contributed by atoms with Crippen molar-refractivity contribution in [2.45, 2.75) is 13.3 Å². The minimum atomic E-state index is -0.336. The van der Waals surface area contributed by atoms with Crippen molar-refractivity contribution >= 4 is 11.4 Å². The maximum absolute atomic E-state index is 10.8. The topological polar surface area (TPSA) is 49.6 Å². The first-order valence-corrected chi connectivity index (χ1v) is 6.42. The van der Waals surface area contributed by atoms with Gasteiger partial charge in [-0.2, -0.15) is 0 Å². The second-order valence-electron chi connectivity index (χ2n) is 4.61. The van der Waals surface area contributed by atoms with E-state index in [-0.39, 0.29) is 10.6 Å². The van der Waals surface area contributed by atoms with Crippen LogP contribution in [0.4, 0.5) is 11.4 Å². The molecule has 18 heavy (non-hydrogen) atoms. The van der Waals surface area contributed by atoms with Crippen molar-refractivity contribution in [3.05, 3.63) is 34.4 Å². The van der Waals surface area contributed by atoms with Crippen LogP contribution >= 0.6 is 0 Å². The normalized spacial score (nSPS) is 16.8. The third-order valence-corrected chi connectivity index (χ3v) is 3.32. The summed E-state index contributed by atoms with van der Waals surface area (Å²) in [5, 5.41) is 10.8. The maximum atomic E-state index is 10.8. The Kier molecular flexibility index (Phi) is 4.15. The van der Waals surface area contributed by atoms with E-state index in [4.69, 9.17) is 0 Å². The number of nitrogens with zero attached hydrogens (tertiary/aromatic N) is 3. The first kappa shape index (κ1) is 12.8. The summed E-state index contributed by atoms with van der Waals surface area (Å²) in [6.45, 7) is 7.30. The number of rotatable bonds is 4. The van der Waals surface area contributed by atoms with Gasteiger partial charge >= 0.3 is 0 Å². The lowest BCUT2D eigenvalue weighted by atomic mass is 10.2. The Hall–Kier alpha value is -1.62. The van der Waals surface area contributed by atoms with Gasteiger partial charge < -0.3 is 4.90 Å². The van der Waals surface area contributed by atoms with Gasteiger partial charge in [-0.05, 0) is 19.0 Å². The van der Waals surface area contributed by atoms with Crippen LogP contribution in [-0.4, -0.2) is 42.5 Å². The first-order chi connectivity index (χ1) is 8.70. The van der Waals surface area contributed by atoms with E-state index in [2.05, 4.69) is 16.7 Å². The van der Waals surface area contributed by atoms with Crippen molar-refractivity contribution in [3.63, 3.8) is 0 Å². The molecular weight excluding hydrogens is 230 g/mol. The Morgan fingerprint density at radius 2 is 2.00 bits per heavy atom. The van der Waals surface area contributed by atoms with Gasteiger partial charge in [-0.15, -0.1) is 0 Å². The molecule has 0 bridgehead atoms. The zero-order valence-electron chi connectivity index (χ0n) is 10.7. The third-order valence-electron chi connectivity index (χ3n) is 3.32. The highest BCUT2D eigenvalue weighted by atomic mass is 16.6. The number of nitro groups is 1.